The van der Waals surface area contributed by atoms with Crippen molar-refractivity contribution in [3.8, 4) is 0 Å². The van der Waals surface area contributed by atoms with Gasteiger partial charge in [-0.15, -0.1) is 6.42 Å². The van der Waals surface area contributed by atoms with Crippen molar-refractivity contribution in [3.05, 3.63) is 13.8 Å². The predicted octanol–water partition coefficient (Wildman–Crippen LogP) is 3.83. The summed E-state index contributed by atoms with van der Waals surface area (Å²) >= 11 is 0. The number of ketones is 1. The molecule has 0 radical (unpaired) electrons. The maximum Gasteiger partial charge on any atom is 2.00 e. The third-order valence-electron chi connectivity index (χ3n) is 1.53. The Morgan fingerprint density at radius 1 is 1.21 bits per heavy atom. The number of hydrogen-bond donors (Lipinski definition) is 0. The van der Waals surface area contributed by atoms with Crippen LogP contribution in [0.5, 0.6) is 0 Å². The summed E-state index contributed by atoms with van der Waals surface area (Å²) in [5.74, 6) is 0.144. The minimum Gasteiger partial charge on any atom is -0.343 e. The average Bonchev–Trinajstić information content (AvgIpc) is 2.00. The molecule has 0 saturated heterocycles. The van der Waals surface area contributed by atoms with E-state index in [0.717, 1.165) is 6.42 Å². The Hall–Kier alpha value is 0.358. The third kappa shape index (κ3) is 29.4. The van der Waals surface area contributed by atoms with Gasteiger partial charge in [0.1, 0.15) is 0 Å². The van der Waals surface area contributed by atoms with Crippen LogP contribution in [0.4, 0.5) is 0 Å². The summed E-state index contributed by atoms with van der Waals surface area (Å²) in [5.41, 5.74) is 0.512. The maximum absolute atomic E-state index is 9.75. The van der Waals surface area contributed by atoms with Crippen LogP contribution in [-0.2, 0) is 25.9 Å². The fraction of sp³-hybridized carbons (Fsp3) is 0.750. The number of Topliss-reactive ketones (excluding diaryl/α,β-unsaturated/α-hetero) is 1. The van der Waals surface area contributed by atoms with Gasteiger partial charge in [-0.25, -0.2) is 0 Å². The molecule has 0 rings (SSSR count). The van der Waals surface area contributed by atoms with E-state index in [-0.39, 0.29) is 26.8 Å². The molecule has 0 aromatic rings. The smallest absolute Gasteiger partial charge is 0.343 e. The first-order valence-electron chi connectivity index (χ1n) is 4.91. The van der Waals surface area contributed by atoms with Crippen molar-refractivity contribution in [1.82, 2.24) is 0 Å². The third-order valence-corrected chi connectivity index (χ3v) is 1.53. The fourth-order valence-electron chi connectivity index (χ4n) is 0.655. The van der Waals surface area contributed by atoms with Crippen LogP contribution in [0, 0.1) is 19.3 Å². The molecule has 84 valence electrons. The van der Waals surface area contributed by atoms with Crippen LogP contribution in [0.15, 0.2) is 0 Å². The van der Waals surface area contributed by atoms with Crippen molar-refractivity contribution < 1.29 is 25.9 Å². The van der Waals surface area contributed by atoms with Gasteiger partial charge in [-0.05, 0) is 12.3 Å². The quantitative estimate of drug-likeness (QED) is 0.692. The molecule has 0 saturated carbocycles. The largest absolute Gasteiger partial charge is 2.00 e. The van der Waals surface area contributed by atoms with Gasteiger partial charge in [0.15, 0.2) is 0 Å². The first kappa shape index (κ1) is 19.9. The average molecular weight is 368 g/mol. The van der Waals surface area contributed by atoms with Gasteiger partial charge in [0.25, 0.3) is 0 Å². The summed E-state index contributed by atoms with van der Waals surface area (Å²) in [5, 5.41) is 0. The van der Waals surface area contributed by atoms with Crippen LogP contribution >= 0.6 is 0 Å². The number of hydrogen-bond acceptors (Lipinski definition) is 1. The topological polar surface area (TPSA) is 17.1 Å². The number of carbonyl (C=O) groups excluding carboxylic acids is 1. The van der Waals surface area contributed by atoms with E-state index in [1.165, 1.54) is 19.8 Å². The van der Waals surface area contributed by atoms with E-state index in [0.29, 0.717) is 11.8 Å². The molecule has 0 N–H and O–H groups in total. The monoisotopic (exact) mass is 368 g/mol. The van der Waals surface area contributed by atoms with E-state index < -0.39 is 0 Å². The molecule has 0 fully saturated rings. The molecule has 14 heavy (non-hydrogen) atoms. The van der Waals surface area contributed by atoms with Crippen molar-refractivity contribution in [3.63, 3.8) is 0 Å². The molecule has 0 bridgehead atoms. The molecule has 0 amide bonds. The Labute approximate surface area is 104 Å². The molecule has 1 nitrogen and oxygen atoms in total. The van der Waals surface area contributed by atoms with Crippen LogP contribution < -0.4 is 0 Å². The summed E-state index contributed by atoms with van der Waals surface area (Å²) in [6.45, 7) is 15.4. The molecular formula is C12H24OW. The Morgan fingerprint density at radius 3 is 1.64 bits per heavy atom. The Balaban J connectivity index is -0.000000177. The minimum atomic E-state index is 0. The molecule has 0 aliphatic rings. The first-order chi connectivity index (χ1) is 5.83. The molecule has 0 aliphatic carbocycles. The van der Waals surface area contributed by atoms with Crippen molar-refractivity contribution in [1.29, 1.82) is 0 Å². The zero-order valence-electron chi connectivity index (χ0n) is 10.1. The normalized spacial score (nSPS) is 9.57. The summed E-state index contributed by atoms with van der Waals surface area (Å²) < 4.78 is 0. The van der Waals surface area contributed by atoms with Crippen LogP contribution in [0.25, 0.3) is 0 Å². The van der Waals surface area contributed by atoms with Gasteiger partial charge in [0.2, 0.25) is 0 Å². The SMILES string of the molecule is [CH2-]CC(C)=O.[CH2-]CCCC(C)(C)C.[W+2]. The molecule has 0 aliphatic heterocycles. The molecule has 0 aromatic heterocycles. The van der Waals surface area contributed by atoms with Gasteiger partial charge in [-0.2, -0.15) is 6.42 Å². The van der Waals surface area contributed by atoms with Gasteiger partial charge >= 0.3 is 21.1 Å². The molecular weight excluding hydrogens is 344 g/mol. The molecule has 0 aromatic carbocycles. The fourth-order valence-corrected chi connectivity index (χ4v) is 0.655. The van der Waals surface area contributed by atoms with E-state index in [4.69, 9.17) is 0 Å². The maximum atomic E-state index is 9.75. The zero-order chi connectivity index (χ0) is 10.9. The summed E-state index contributed by atoms with van der Waals surface area (Å²) in [7, 11) is 0. The summed E-state index contributed by atoms with van der Waals surface area (Å²) in [6.07, 6.45) is 4.07. The van der Waals surface area contributed by atoms with E-state index in [2.05, 4.69) is 34.6 Å². The van der Waals surface area contributed by atoms with Crippen LogP contribution in [0.3, 0.4) is 0 Å². The summed E-state index contributed by atoms with van der Waals surface area (Å²) in [6, 6.07) is 0. The van der Waals surface area contributed by atoms with E-state index in [1.807, 2.05) is 0 Å². The van der Waals surface area contributed by atoms with Gasteiger partial charge in [-0.3, -0.25) is 0 Å². The molecule has 2 heteroatoms. The van der Waals surface area contributed by atoms with Crippen LogP contribution in [0.1, 0.15) is 53.4 Å². The van der Waals surface area contributed by atoms with E-state index in [9.17, 15) is 4.79 Å². The van der Waals surface area contributed by atoms with Crippen LogP contribution in [0.2, 0.25) is 0 Å². The Kier molecular flexibility index (Phi) is 16.2. The molecule has 0 unspecified atom stereocenters. The van der Waals surface area contributed by atoms with Crippen molar-refractivity contribution in [2.45, 2.75) is 53.4 Å². The number of rotatable bonds is 3. The van der Waals surface area contributed by atoms with Crippen molar-refractivity contribution in [2.24, 2.45) is 5.41 Å². The molecule has 0 spiro atoms. The van der Waals surface area contributed by atoms with Gasteiger partial charge in [0.05, 0.1) is 5.78 Å². The predicted molar refractivity (Wildman–Crippen MR) is 59.3 cm³/mol. The minimum absolute atomic E-state index is 0. The van der Waals surface area contributed by atoms with Gasteiger partial charge in [0, 0.05) is 0 Å². The zero-order valence-corrected chi connectivity index (χ0v) is 13.0. The van der Waals surface area contributed by atoms with Gasteiger partial charge in [-0.1, -0.05) is 33.6 Å². The van der Waals surface area contributed by atoms with Gasteiger partial charge < -0.3 is 18.6 Å². The van der Waals surface area contributed by atoms with Crippen LogP contribution in [-0.4, -0.2) is 5.78 Å². The standard InChI is InChI=1S/C8H17.C4H7O.W/c1-5-6-7-8(2,3)4;1-3-4(2)5;/h1,5-7H2,2-4H3;1,3H2,2H3;/q2*-1;+2. The van der Waals surface area contributed by atoms with E-state index >= 15 is 0 Å². The summed E-state index contributed by atoms with van der Waals surface area (Å²) in [4.78, 5) is 9.75. The second-order valence-electron chi connectivity index (χ2n) is 4.47. The second kappa shape index (κ2) is 11.4. The Morgan fingerprint density at radius 2 is 1.57 bits per heavy atom. The van der Waals surface area contributed by atoms with Crippen molar-refractivity contribution >= 4 is 5.78 Å². The van der Waals surface area contributed by atoms with E-state index in [1.54, 1.807) is 0 Å². The Bertz CT molecular complexity index is 125. The molecule has 0 atom stereocenters. The first-order valence-corrected chi connectivity index (χ1v) is 4.91. The number of carbonyl (C=O) groups is 1. The second-order valence-corrected chi connectivity index (χ2v) is 4.47. The van der Waals surface area contributed by atoms with Crippen molar-refractivity contribution in [2.75, 3.05) is 0 Å². The number of unbranched alkanes of at least 4 members (excludes halogenated alkanes) is 1. The molecule has 0 heterocycles.